The van der Waals surface area contributed by atoms with Gasteiger partial charge in [0.2, 0.25) is 0 Å². The largest absolute Gasteiger partial charge is 0.465 e. The van der Waals surface area contributed by atoms with Gasteiger partial charge in [0.15, 0.2) is 0 Å². The first-order chi connectivity index (χ1) is 16.0. The summed E-state index contributed by atoms with van der Waals surface area (Å²) in [7, 11) is 1.30. The highest BCUT2D eigenvalue weighted by molar-refractivity contribution is 6.67. The second-order valence-electron chi connectivity index (χ2n) is 8.12. The van der Waals surface area contributed by atoms with E-state index in [0.29, 0.717) is 22.3 Å². The lowest BCUT2D eigenvalue weighted by Crippen LogP contribution is -2.30. The van der Waals surface area contributed by atoms with Crippen LogP contribution in [0.15, 0.2) is 42.5 Å². The molecule has 164 valence electrons. The summed E-state index contributed by atoms with van der Waals surface area (Å²) >= 11 is 0. The van der Waals surface area contributed by atoms with Crippen molar-refractivity contribution in [3.8, 4) is 17.8 Å². The molecule has 1 N–H and O–H groups in total. The molecule has 2 amide bonds. The summed E-state index contributed by atoms with van der Waals surface area (Å²) in [5.74, 6) is 6.88. The second-order valence-corrected chi connectivity index (χ2v) is 8.12. The Morgan fingerprint density at radius 1 is 1.15 bits per heavy atom. The van der Waals surface area contributed by atoms with Gasteiger partial charge in [-0.25, -0.2) is 10.1 Å². The molecule has 2 aliphatic heterocycles. The van der Waals surface area contributed by atoms with Gasteiger partial charge >= 0.3 is 5.97 Å². The molecule has 33 heavy (non-hydrogen) atoms. The third-order valence-corrected chi connectivity index (χ3v) is 6.04. The second kappa shape index (κ2) is 9.62. The monoisotopic (exact) mass is 439 g/mol. The lowest BCUT2D eigenvalue weighted by atomic mass is 9.42. The van der Waals surface area contributed by atoms with Crippen LogP contribution in [0.1, 0.15) is 49.5 Å². The highest BCUT2D eigenvalue weighted by Gasteiger charge is 2.34. The van der Waals surface area contributed by atoms with Crippen LogP contribution in [0.5, 0.6) is 0 Å². The van der Waals surface area contributed by atoms with Gasteiger partial charge in [0.1, 0.15) is 0 Å². The molecule has 0 atom stereocenters. The first-order valence-corrected chi connectivity index (χ1v) is 10.8. The van der Waals surface area contributed by atoms with Gasteiger partial charge in [-0.3, -0.25) is 14.5 Å². The Bertz CT molecular complexity index is 1180. The van der Waals surface area contributed by atoms with Crippen LogP contribution in [-0.4, -0.2) is 49.1 Å². The molecule has 1 saturated heterocycles. The molecule has 0 spiro atoms. The van der Waals surface area contributed by atoms with Crippen molar-refractivity contribution in [2.24, 2.45) is 0 Å². The number of carbonyl (C=O) groups is 3. The quantitative estimate of drug-likeness (QED) is 0.340. The molecule has 2 aliphatic rings. The van der Waals surface area contributed by atoms with Crippen LogP contribution in [0.25, 0.3) is 0 Å². The van der Waals surface area contributed by atoms with Crippen LogP contribution in [-0.2, 0) is 4.74 Å². The highest BCUT2D eigenvalue weighted by Crippen LogP contribution is 2.25. The number of nitrogens with zero attached hydrogens (tertiary/aromatic N) is 2. The molecule has 2 heterocycles. The zero-order valence-electron chi connectivity index (χ0n) is 18.3. The molecular formula is C25H22BN3O4. The number of esters is 1. The molecule has 0 radical (unpaired) electrons. The number of hydrogen-bond acceptors (Lipinski definition) is 6. The van der Waals surface area contributed by atoms with Gasteiger partial charge in [0.25, 0.3) is 18.5 Å². The molecule has 8 heteroatoms. The molecule has 7 nitrogen and oxygen atoms in total. The van der Waals surface area contributed by atoms with E-state index in [1.54, 1.807) is 42.5 Å². The van der Waals surface area contributed by atoms with E-state index in [2.05, 4.69) is 23.1 Å². The van der Waals surface area contributed by atoms with Crippen LogP contribution < -0.4 is 5.32 Å². The summed E-state index contributed by atoms with van der Waals surface area (Å²) in [6, 6.07) is 12.2. The van der Waals surface area contributed by atoms with Crippen molar-refractivity contribution in [1.82, 2.24) is 4.90 Å². The molecule has 0 saturated carbocycles. The third kappa shape index (κ3) is 4.61. The van der Waals surface area contributed by atoms with Crippen molar-refractivity contribution in [3.63, 3.8) is 0 Å². The summed E-state index contributed by atoms with van der Waals surface area (Å²) in [5.41, 5.74) is 2.32. The lowest BCUT2D eigenvalue weighted by molar-refractivity contribution is 0.0598. The van der Waals surface area contributed by atoms with Crippen molar-refractivity contribution in [2.75, 3.05) is 19.0 Å². The summed E-state index contributed by atoms with van der Waals surface area (Å²) in [4.78, 5) is 38.4. The van der Waals surface area contributed by atoms with E-state index in [0.717, 1.165) is 36.1 Å². The number of nitriles is 1. The van der Waals surface area contributed by atoms with E-state index in [4.69, 9.17) is 10.00 Å². The SMILES string of the molecule is COC(=O)c1ccc(NC2CCB(C#N)CC2)cc1C#CCN1C(=O)c2ccccc2C1=O. The van der Waals surface area contributed by atoms with Gasteiger partial charge < -0.3 is 10.1 Å². The predicted octanol–water partition coefficient (Wildman–Crippen LogP) is 3.25. The van der Waals surface area contributed by atoms with Crippen molar-refractivity contribution in [2.45, 2.75) is 31.5 Å². The van der Waals surface area contributed by atoms with Gasteiger partial charge in [-0.05, 0) is 43.2 Å². The Kier molecular flexibility index (Phi) is 6.47. The zero-order chi connectivity index (χ0) is 23.4. The highest BCUT2D eigenvalue weighted by atomic mass is 16.5. The molecule has 4 rings (SSSR count). The van der Waals surface area contributed by atoms with Gasteiger partial charge in [0.05, 0.1) is 30.3 Å². The van der Waals surface area contributed by atoms with E-state index >= 15 is 0 Å². The minimum atomic E-state index is -0.513. The molecule has 2 aromatic rings. The Hall–Kier alpha value is -4.04. The fraction of sp³-hybridized carbons (Fsp3) is 0.280. The smallest absolute Gasteiger partial charge is 0.339 e. The molecule has 2 aromatic carbocycles. The summed E-state index contributed by atoms with van der Waals surface area (Å²) in [6.07, 6.45) is 3.53. The van der Waals surface area contributed by atoms with Crippen LogP contribution in [0.3, 0.4) is 0 Å². The van der Waals surface area contributed by atoms with Crippen LogP contribution >= 0.6 is 0 Å². The van der Waals surface area contributed by atoms with Crippen molar-refractivity contribution >= 4 is 30.2 Å². The zero-order valence-corrected chi connectivity index (χ0v) is 18.3. The first kappa shape index (κ1) is 22.2. The number of rotatable bonds is 4. The molecular weight excluding hydrogens is 417 g/mol. The first-order valence-electron chi connectivity index (χ1n) is 10.8. The minimum absolute atomic E-state index is 0.0806. The molecule has 0 bridgehead atoms. The number of methoxy groups -OCH3 is 1. The lowest BCUT2D eigenvalue weighted by Gasteiger charge is -2.25. The number of benzene rings is 2. The van der Waals surface area contributed by atoms with Gasteiger partial charge in [-0.15, -0.1) is 0 Å². The van der Waals surface area contributed by atoms with E-state index in [-0.39, 0.29) is 31.1 Å². The van der Waals surface area contributed by atoms with Crippen LogP contribution in [0.4, 0.5) is 5.69 Å². The molecule has 0 aliphatic carbocycles. The molecule has 0 unspecified atom stereocenters. The third-order valence-electron chi connectivity index (χ3n) is 6.04. The number of carbonyl (C=O) groups excluding carboxylic acids is 3. The standard InChI is InChI=1S/C25H22BN3O4/c1-33-25(32)20-9-8-19(28-18-10-12-26(16-27)13-11-18)15-17(20)5-4-14-29-23(30)21-6-2-3-7-22(21)24(29)31/h2-3,6-9,15,18,28H,10-14H2,1H3. The van der Waals surface area contributed by atoms with E-state index in [1.165, 1.54) is 7.11 Å². The maximum Gasteiger partial charge on any atom is 0.339 e. The number of imide groups is 1. The Labute approximate surface area is 192 Å². The molecule has 1 fully saturated rings. The maximum atomic E-state index is 12.5. The topological polar surface area (TPSA) is 99.5 Å². The Morgan fingerprint density at radius 2 is 1.82 bits per heavy atom. The number of fused-ring (bicyclic) bond motifs is 1. The fourth-order valence-electron chi connectivity index (χ4n) is 4.22. The average molecular weight is 439 g/mol. The van der Waals surface area contributed by atoms with Gasteiger partial charge in [0, 0.05) is 23.3 Å². The van der Waals surface area contributed by atoms with Gasteiger partial charge in [-0.1, -0.05) is 36.6 Å². The van der Waals surface area contributed by atoms with Crippen molar-refractivity contribution in [3.05, 3.63) is 64.7 Å². The Balaban J connectivity index is 1.52. The number of nitrogens with one attached hydrogen (secondary N) is 1. The molecule has 0 aromatic heterocycles. The predicted molar refractivity (Wildman–Crippen MR) is 124 cm³/mol. The average Bonchev–Trinajstić information content (AvgIpc) is 3.09. The van der Waals surface area contributed by atoms with Gasteiger partial charge in [-0.2, -0.15) is 0 Å². The van der Waals surface area contributed by atoms with Crippen LogP contribution in [0, 0.1) is 23.1 Å². The number of anilines is 1. The fourth-order valence-corrected chi connectivity index (χ4v) is 4.22. The summed E-state index contributed by atoms with van der Waals surface area (Å²) in [5, 5.41) is 12.5. The van der Waals surface area contributed by atoms with Crippen molar-refractivity contribution < 1.29 is 19.1 Å². The van der Waals surface area contributed by atoms with Crippen LogP contribution in [0.2, 0.25) is 12.6 Å². The van der Waals surface area contributed by atoms with E-state index < -0.39 is 5.97 Å². The number of ether oxygens (including phenoxy) is 1. The summed E-state index contributed by atoms with van der Waals surface area (Å²) in [6.45, 7) is 0.0383. The number of amides is 2. The minimum Gasteiger partial charge on any atom is -0.465 e. The maximum absolute atomic E-state index is 12.5. The van der Waals surface area contributed by atoms with E-state index in [9.17, 15) is 14.4 Å². The normalized spacial score (nSPS) is 15.4. The van der Waals surface area contributed by atoms with Crippen molar-refractivity contribution in [1.29, 1.82) is 5.26 Å². The number of hydrogen-bond donors (Lipinski definition) is 1. The Morgan fingerprint density at radius 3 is 2.42 bits per heavy atom. The van der Waals surface area contributed by atoms with E-state index in [1.807, 2.05) is 0 Å². The summed E-state index contributed by atoms with van der Waals surface area (Å²) < 4.78 is 4.87.